The summed E-state index contributed by atoms with van der Waals surface area (Å²) in [5.41, 5.74) is 7.00. The highest BCUT2D eigenvalue weighted by molar-refractivity contribution is 5.73. The second kappa shape index (κ2) is 9.81. The van der Waals surface area contributed by atoms with E-state index < -0.39 is 0 Å². The van der Waals surface area contributed by atoms with Crippen LogP contribution in [0.15, 0.2) is 24.3 Å². The van der Waals surface area contributed by atoms with Gasteiger partial charge in [0.25, 0.3) is 0 Å². The van der Waals surface area contributed by atoms with Gasteiger partial charge in [0.15, 0.2) is 0 Å². The third-order valence-electron chi connectivity index (χ3n) is 5.42. The van der Waals surface area contributed by atoms with Gasteiger partial charge >= 0.3 is 0 Å². The molecule has 1 amide bonds. The largest absolute Gasteiger partial charge is 0.494 e. The molecule has 2 rings (SSSR count). The lowest BCUT2D eigenvalue weighted by atomic mass is 9.60. The smallest absolute Gasteiger partial charge is 0.217 e. The number of carbonyl (C=O) groups is 1. The fraction of sp³-hybridized carbons (Fsp3) is 0.667. The van der Waals surface area contributed by atoms with Crippen LogP contribution in [0.3, 0.4) is 0 Å². The van der Waals surface area contributed by atoms with Crippen molar-refractivity contribution in [3.63, 3.8) is 0 Å². The van der Waals surface area contributed by atoms with E-state index in [4.69, 9.17) is 10.5 Å². The Balaban J connectivity index is 1.77. The van der Waals surface area contributed by atoms with Crippen LogP contribution < -0.4 is 15.8 Å². The predicted molar refractivity (Wildman–Crippen MR) is 103 cm³/mol. The highest BCUT2D eigenvalue weighted by atomic mass is 16.5. The Morgan fingerprint density at radius 1 is 1.28 bits per heavy atom. The molecule has 3 N–H and O–H groups in total. The van der Waals surface area contributed by atoms with E-state index >= 15 is 0 Å². The number of nitrogens with two attached hydrogens (primary N) is 1. The van der Waals surface area contributed by atoms with Gasteiger partial charge in [0.2, 0.25) is 5.91 Å². The van der Waals surface area contributed by atoms with E-state index in [0.717, 1.165) is 25.3 Å². The fourth-order valence-corrected chi connectivity index (χ4v) is 3.92. The van der Waals surface area contributed by atoms with Gasteiger partial charge in [-0.1, -0.05) is 25.5 Å². The molecule has 1 aliphatic carbocycles. The third kappa shape index (κ3) is 6.03. The number of nitrogens with one attached hydrogen (secondary N) is 1. The maximum atomic E-state index is 10.7. The quantitative estimate of drug-likeness (QED) is 0.566. The van der Waals surface area contributed by atoms with Gasteiger partial charge in [0.05, 0.1) is 6.61 Å². The number of carbonyl (C=O) groups excluding carboxylic acids is 1. The normalized spacial score (nSPS) is 16.9. The van der Waals surface area contributed by atoms with Crippen molar-refractivity contribution in [3.8, 4) is 5.75 Å². The topological polar surface area (TPSA) is 64.3 Å². The maximum absolute atomic E-state index is 10.7. The van der Waals surface area contributed by atoms with Gasteiger partial charge in [-0.05, 0) is 81.1 Å². The lowest BCUT2D eigenvalue weighted by Gasteiger charge is -2.44. The molecule has 1 aromatic rings. The Kier molecular flexibility index (Phi) is 7.76. The van der Waals surface area contributed by atoms with Crippen LogP contribution in [-0.4, -0.2) is 25.6 Å². The summed E-state index contributed by atoms with van der Waals surface area (Å²) in [5.74, 6) is 1.45. The number of amides is 1. The summed E-state index contributed by atoms with van der Waals surface area (Å²) < 4.78 is 5.57. The molecule has 4 heteroatoms. The van der Waals surface area contributed by atoms with Crippen molar-refractivity contribution >= 4 is 5.91 Å². The Morgan fingerprint density at radius 2 is 2.00 bits per heavy atom. The molecule has 0 heterocycles. The van der Waals surface area contributed by atoms with Gasteiger partial charge in [0, 0.05) is 6.42 Å². The van der Waals surface area contributed by atoms with Crippen molar-refractivity contribution in [3.05, 3.63) is 29.8 Å². The van der Waals surface area contributed by atoms with Crippen molar-refractivity contribution in [1.29, 1.82) is 0 Å². The highest BCUT2D eigenvalue weighted by Gasteiger charge is 2.39. The van der Waals surface area contributed by atoms with Gasteiger partial charge in [-0.15, -0.1) is 0 Å². The first-order valence-electron chi connectivity index (χ1n) is 9.78. The van der Waals surface area contributed by atoms with Crippen molar-refractivity contribution < 1.29 is 9.53 Å². The van der Waals surface area contributed by atoms with E-state index in [1.165, 1.54) is 37.7 Å². The zero-order chi connectivity index (χ0) is 18.1. The van der Waals surface area contributed by atoms with Gasteiger partial charge in [-0.3, -0.25) is 4.79 Å². The second-order valence-corrected chi connectivity index (χ2v) is 7.51. The third-order valence-corrected chi connectivity index (χ3v) is 5.42. The van der Waals surface area contributed by atoms with Crippen molar-refractivity contribution in [2.24, 2.45) is 11.7 Å². The van der Waals surface area contributed by atoms with Crippen LogP contribution in [-0.2, 0) is 10.2 Å². The Morgan fingerprint density at radius 3 is 2.56 bits per heavy atom. The van der Waals surface area contributed by atoms with E-state index in [1.807, 2.05) is 6.92 Å². The van der Waals surface area contributed by atoms with Crippen molar-refractivity contribution in [2.45, 2.75) is 64.2 Å². The molecule has 1 aromatic carbocycles. The molecule has 1 unspecified atom stereocenters. The summed E-state index contributed by atoms with van der Waals surface area (Å²) in [6.45, 7) is 6.98. The number of rotatable bonds is 12. The minimum atomic E-state index is -0.211. The van der Waals surface area contributed by atoms with Crippen LogP contribution >= 0.6 is 0 Å². The average Bonchev–Trinajstić information content (AvgIpc) is 2.55. The standard InChI is InChI=1S/C21H34N2O2/c1-3-25-19-9-7-18(8-10-19)21(12-5-13-21)16-17(2)11-15-23-14-4-6-20(22)24/h7-10,17,23H,3-6,11-16H2,1-2H3,(H2,22,24). The van der Waals surface area contributed by atoms with Gasteiger partial charge < -0.3 is 15.8 Å². The van der Waals surface area contributed by atoms with E-state index in [9.17, 15) is 4.79 Å². The number of benzene rings is 1. The lowest BCUT2D eigenvalue weighted by Crippen LogP contribution is -2.36. The van der Waals surface area contributed by atoms with Gasteiger partial charge in [0.1, 0.15) is 5.75 Å². The first-order valence-corrected chi connectivity index (χ1v) is 9.78. The van der Waals surface area contributed by atoms with Crippen LogP contribution in [0.1, 0.15) is 64.4 Å². The molecule has 0 bridgehead atoms. The Hall–Kier alpha value is -1.55. The Bertz CT molecular complexity index is 523. The maximum Gasteiger partial charge on any atom is 0.217 e. The molecule has 0 aromatic heterocycles. The summed E-state index contributed by atoms with van der Waals surface area (Å²) in [4.78, 5) is 10.7. The van der Waals surface area contributed by atoms with Crippen LogP contribution in [0.4, 0.5) is 0 Å². The van der Waals surface area contributed by atoms with Crippen LogP contribution in [0.2, 0.25) is 0 Å². The lowest BCUT2D eigenvalue weighted by molar-refractivity contribution is -0.118. The van der Waals surface area contributed by atoms with Gasteiger partial charge in [-0.2, -0.15) is 0 Å². The minimum absolute atomic E-state index is 0.211. The van der Waals surface area contributed by atoms with Crippen LogP contribution in [0, 0.1) is 5.92 Å². The number of hydrogen-bond donors (Lipinski definition) is 2. The average molecular weight is 347 g/mol. The molecule has 0 radical (unpaired) electrons. The number of hydrogen-bond acceptors (Lipinski definition) is 3. The number of primary amides is 1. The second-order valence-electron chi connectivity index (χ2n) is 7.51. The molecular formula is C21H34N2O2. The molecule has 25 heavy (non-hydrogen) atoms. The summed E-state index contributed by atoms with van der Waals surface area (Å²) in [5, 5.41) is 3.43. The van der Waals surface area contributed by atoms with E-state index in [-0.39, 0.29) is 5.91 Å². The molecule has 4 nitrogen and oxygen atoms in total. The Labute approximate surface area is 152 Å². The fourth-order valence-electron chi connectivity index (χ4n) is 3.92. The molecule has 140 valence electrons. The molecule has 0 saturated heterocycles. The molecule has 1 atom stereocenters. The minimum Gasteiger partial charge on any atom is -0.494 e. The molecule has 1 fully saturated rings. The molecule has 1 aliphatic rings. The van der Waals surface area contributed by atoms with Crippen LogP contribution in [0.25, 0.3) is 0 Å². The molecule has 1 saturated carbocycles. The van der Waals surface area contributed by atoms with E-state index in [0.29, 0.717) is 24.4 Å². The van der Waals surface area contributed by atoms with Gasteiger partial charge in [-0.25, -0.2) is 0 Å². The predicted octanol–water partition coefficient (Wildman–Crippen LogP) is 3.78. The molecule has 0 spiro atoms. The molecule has 0 aliphatic heterocycles. The monoisotopic (exact) mass is 346 g/mol. The first-order chi connectivity index (χ1) is 12.1. The zero-order valence-corrected chi connectivity index (χ0v) is 15.9. The summed E-state index contributed by atoms with van der Waals surface area (Å²) >= 11 is 0. The summed E-state index contributed by atoms with van der Waals surface area (Å²) in [7, 11) is 0. The van der Waals surface area contributed by atoms with E-state index in [1.54, 1.807) is 0 Å². The van der Waals surface area contributed by atoms with Crippen molar-refractivity contribution in [2.75, 3.05) is 19.7 Å². The van der Waals surface area contributed by atoms with Crippen LogP contribution in [0.5, 0.6) is 5.75 Å². The van der Waals surface area contributed by atoms with E-state index in [2.05, 4.69) is 36.5 Å². The van der Waals surface area contributed by atoms with Crippen molar-refractivity contribution in [1.82, 2.24) is 5.32 Å². The molecular weight excluding hydrogens is 312 g/mol. The zero-order valence-electron chi connectivity index (χ0n) is 15.9. The first kappa shape index (κ1) is 19.8. The SMILES string of the molecule is CCOc1ccc(C2(CC(C)CCNCCCC(N)=O)CCC2)cc1. The number of ether oxygens (including phenoxy) is 1. The highest BCUT2D eigenvalue weighted by Crippen LogP contribution is 2.48. The summed E-state index contributed by atoms with van der Waals surface area (Å²) in [6, 6.07) is 8.76. The summed E-state index contributed by atoms with van der Waals surface area (Å²) in [6.07, 6.45) is 7.68.